The molecular formula is C27H42OS. The predicted molar refractivity (Wildman–Crippen MR) is 136 cm³/mol. The van der Waals surface area contributed by atoms with Crippen LogP contribution in [0.5, 0.6) is 5.75 Å². The fraction of sp³-hybridized carbons (Fsp3) is 0.333. The zero-order chi connectivity index (χ0) is 22.8. The van der Waals surface area contributed by atoms with Crippen LogP contribution in [0.15, 0.2) is 95.9 Å². The Morgan fingerprint density at radius 2 is 0.897 bits per heavy atom. The summed E-state index contributed by atoms with van der Waals surface area (Å²) in [4.78, 5) is 1.33. The number of para-hydroxylation sites is 1. The van der Waals surface area contributed by atoms with Crippen LogP contribution in [-0.4, -0.2) is 13.4 Å². The molecule has 0 aromatic heterocycles. The summed E-state index contributed by atoms with van der Waals surface area (Å²) in [6.45, 7) is 14.1. The van der Waals surface area contributed by atoms with Crippen LogP contribution in [0.4, 0.5) is 0 Å². The standard InChI is InChI=1S/C7H8O.C7H8S.C7H8.3C2H6/c2*1-8-7-5-3-2-4-6-7;1-7-5-3-2-4-6-7;3*1-2/h2*2-6H,1H3;2-6H,1H3;3*1-2H3. The van der Waals surface area contributed by atoms with Gasteiger partial charge in [0.1, 0.15) is 5.75 Å². The van der Waals surface area contributed by atoms with E-state index in [1.54, 1.807) is 18.9 Å². The first kappa shape index (κ1) is 31.5. The molecule has 0 atom stereocenters. The summed E-state index contributed by atoms with van der Waals surface area (Å²) in [6, 6.07) is 30.3. The third-order valence-electron chi connectivity index (χ3n) is 2.90. The Morgan fingerprint density at radius 1 is 0.552 bits per heavy atom. The molecule has 3 rings (SSSR count). The van der Waals surface area contributed by atoms with E-state index in [-0.39, 0.29) is 0 Å². The van der Waals surface area contributed by atoms with Crippen LogP contribution < -0.4 is 4.74 Å². The second kappa shape index (κ2) is 28.0. The Balaban J connectivity index is -0.000000310. The molecule has 0 radical (unpaired) electrons. The van der Waals surface area contributed by atoms with Crippen molar-refractivity contribution in [1.29, 1.82) is 0 Å². The Hall–Kier alpha value is -2.19. The first-order valence-corrected chi connectivity index (χ1v) is 11.7. The summed E-state index contributed by atoms with van der Waals surface area (Å²) >= 11 is 1.77. The van der Waals surface area contributed by atoms with Gasteiger partial charge >= 0.3 is 0 Å². The van der Waals surface area contributed by atoms with Crippen LogP contribution in [0, 0.1) is 6.92 Å². The first-order chi connectivity index (χ1) is 14.3. The molecule has 0 saturated carbocycles. The van der Waals surface area contributed by atoms with E-state index < -0.39 is 0 Å². The third kappa shape index (κ3) is 22.0. The van der Waals surface area contributed by atoms with Crippen molar-refractivity contribution in [3.63, 3.8) is 0 Å². The molecule has 29 heavy (non-hydrogen) atoms. The quantitative estimate of drug-likeness (QED) is 0.386. The minimum atomic E-state index is 0.910. The number of ether oxygens (including phenoxy) is 1. The van der Waals surface area contributed by atoms with Crippen LogP contribution in [0.3, 0.4) is 0 Å². The molecule has 3 aromatic carbocycles. The predicted octanol–water partition coefficient (Wildman–Crippen LogP) is 9.18. The van der Waals surface area contributed by atoms with Gasteiger partial charge < -0.3 is 4.74 Å². The lowest BCUT2D eigenvalue weighted by Gasteiger charge is -1.93. The second-order valence-corrected chi connectivity index (χ2v) is 5.57. The van der Waals surface area contributed by atoms with Crippen LogP contribution >= 0.6 is 11.8 Å². The molecule has 0 saturated heterocycles. The molecule has 2 heteroatoms. The maximum absolute atomic E-state index is 4.91. The molecule has 0 aliphatic rings. The Kier molecular flexibility index (Phi) is 30.4. The number of thioether (sulfide) groups is 1. The van der Waals surface area contributed by atoms with Crippen LogP contribution in [0.2, 0.25) is 0 Å². The van der Waals surface area contributed by atoms with Gasteiger partial charge in [-0.3, -0.25) is 0 Å². The Bertz CT molecular complexity index is 570. The largest absolute Gasteiger partial charge is 0.497 e. The maximum atomic E-state index is 4.91. The lowest BCUT2D eigenvalue weighted by molar-refractivity contribution is 0.415. The molecule has 0 N–H and O–H groups in total. The van der Waals surface area contributed by atoms with E-state index in [4.69, 9.17) is 4.74 Å². The van der Waals surface area contributed by atoms with Crippen molar-refractivity contribution < 1.29 is 4.74 Å². The van der Waals surface area contributed by atoms with E-state index in [1.807, 2.05) is 108 Å². The molecular weight excluding hydrogens is 372 g/mol. The van der Waals surface area contributed by atoms with E-state index in [0.717, 1.165) is 5.75 Å². The monoisotopic (exact) mass is 414 g/mol. The van der Waals surface area contributed by atoms with Crippen molar-refractivity contribution in [3.05, 3.63) is 96.6 Å². The summed E-state index contributed by atoms with van der Waals surface area (Å²) < 4.78 is 4.91. The summed E-state index contributed by atoms with van der Waals surface area (Å²) in [5.41, 5.74) is 1.32. The minimum absolute atomic E-state index is 0.910. The number of aryl methyl sites for hydroxylation is 1. The SMILES string of the molecule is CC.CC.CC.COc1ccccc1.CSc1ccccc1.Cc1ccccc1. The van der Waals surface area contributed by atoms with Gasteiger partial charge in [-0.1, -0.05) is 114 Å². The van der Waals surface area contributed by atoms with Gasteiger partial charge in [0.2, 0.25) is 0 Å². The summed E-state index contributed by atoms with van der Waals surface area (Å²) in [6.07, 6.45) is 2.08. The normalized spacial score (nSPS) is 7.62. The molecule has 0 fully saturated rings. The minimum Gasteiger partial charge on any atom is -0.497 e. The molecule has 162 valence electrons. The highest BCUT2D eigenvalue weighted by molar-refractivity contribution is 7.98. The molecule has 0 heterocycles. The van der Waals surface area contributed by atoms with Gasteiger partial charge in [-0.15, -0.1) is 11.8 Å². The van der Waals surface area contributed by atoms with Gasteiger partial charge in [0, 0.05) is 4.90 Å². The lowest BCUT2D eigenvalue weighted by atomic mass is 10.2. The molecule has 0 spiro atoms. The van der Waals surface area contributed by atoms with Crippen molar-refractivity contribution in [1.82, 2.24) is 0 Å². The average Bonchev–Trinajstić information content (AvgIpc) is 2.85. The first-order valence-electron chi connectivity index (χ1n) is 10.5. The fourth-order valence-electron chi connectivity index (χ4n) is 1.65. The summed E-state index contributed by atoms with van der Waals surface area (Å²) in [5, 5.41) is 0. The molecule has 0 amide bonds. The number of benzene rings is 3. The van der Waals surface area contributed by atoms with Gasteiger partial charge in [0.15, 0.2) is 0 Å². The highest BCUT2D eigenvalue weighted by Crippen LogP contribution is 2.11. The summed E-state index contributed by atoms with van der Waals surface area (Å²) in [7, 11) is 1.66. The van der Waals surface area contributed by atoms with E-state index in [0.29, 0.717) is 0 Å². The van der Waals surface area contributed by atoms with E-state index in [2.05, 4.69) is 37.4 Å². The average molecular weight is 415 g/mol. The van der Waals surface area contributed by atoms with Crippen LogP contribution in [0.25, 0.3) is 0 Å². The molecule has 0 aliphatic carbocycles. The van der Waals surface area contributed by atoms with Crippen molar-refractivity contribution in [2.45, 2.75) is 53.4 Å². The second-order valence-electron chi connectivity index (χ2n) is 4.69. The van der Waals surface area contributed by atoms with Gasteiger partial charge in [-0.25, -0.2) is 0 Å². The number of hydrogen-bond acceptors (Lipinski definition) is 2. The van der Waals surface area contributed by atoms with Crippen molar-refractivity contribution in [2.75, 3.05) is 13.4 Å². The van der Waals surface area contributed by atoms with Crippen molar-refractivity contribution >= 4 is 11.8 Å². The molecule has 0 unspecified atom stereocenters. The van der Waals surface area contributed by atoms with Gasteiger partial charge in [0.25, 0.3) is 0 Å². The lowest BCUT2D eigenvalue weighted by Crippen LogP contribution is -1.78. The zero-order valence-electron chi connectivity index (χ0n) is 20.0. The molecule has 3 aromatic rings. The van der Waals surface area contributed by atoms with Crippen LogP contribution in [0.1, 0.15) is 47.1 Å². The molecule has 1 nitrogen and oxygen atoms in total. The smallest absolute Gasteiger partial charge is 0.118 e. The molecule has 0 aliphatic heterocycles. The zero-order valence-corrected chi connectivity index (χ0v) is 20.8. The van der Waals surface area contributed by atoms with Gasteiger partial charge in [-0.05, 0) is 37.4 Å². The Labute approximate surface area is 185 Å². The fourth-order valence-corrected chi connectivity index (χ4v) is 2.08. The third-order valence-corrected chi connectivity index (χ3v) is 3.64. The van der Waals surface area contributed by atoms with Crippen molar-refractivity contribution in [3.8, 4) is 5.75 Å². The van der Waals surface area contributed by atoms with E-state index in [9.17, 15) is 0 Å². The van der Waals surface area contributed by atoms with Gasteiger partial charge in [0.05, 0.1) is 7.11 Å². The highest BCUT2D eigenvalue weighted by Gasteiger charge is 1.81. The van der Waals surface area contributed by atoms with Crippen LogP contribution in [-0.2, 0) is 0 Å². The maximum Gasteiger partial charge on any atom is 0.118 e. The topological polar surface area (TPSA) is 9.23 Å². The number of rotatable bonds is 2. The summed E-state index contributed by atoms with van der Waals surface area (Å²) in [5.74, 6) is 0.910. The van der Waals surface area contributed by atoms with E-state index >= 15 is 0 Å². The highest BCUT2D eigenvalue weighted by atomic mass is 32.2. The Morgan fingerprint density at radius 3 is 1.10 bits per heavy atom. The number of methoxy groups -OCH3 is 1. The molecule has 0 bridgehead atoms. The van der Waals surface area contributed by atoms with Gasteiger partial charge in [-0.2, -0.15) is 0 Å². The van der Waals surface area contributed by atoms with Crippen molar-refractivity contribution in [2.24, 2.45) is 0 Å². The van der Waals surface area contributed by atoms with E-state index in [1.165, 1.54) is 10.5 Å². The number of hydrogen-bond donors (Lipinski definition) is 0.